The molecule has 0 saturated heterocycles. The fourth-order valence-electron chi connectivity index (χ4n) is 0.604. The van der Waals surface area contributed by atoms with Crippen molar-refractivity contribution in [2.75, 3.05) is 6.54 Å². The van der Waals surface area contributed by atoms with Gasteiger partial charge in [0.2, 0.25) is 0 Å². The first-order chi connectivity index (χ1) is 5.68. The van der Waals surface area contributed by atoms with E-state index in [9.17, 15) is 9.90 Å². The van der Waals surface area contributed by atoms with E-state index in [1.54, 1.807) is 0 Å². The van der Waals surface area contributed by atoms with Gasteiger partial charge in [0.1, 0.15) is 0 Å². The van der Waals surface area contributed by atoms with Crippen LogP contribution in [0.1, 0.15) is 46.0 Å². The first-order valence-electron chi connectivity index (χ1n) is 4.68. The third-order valence-corrected chi connectivity index (χ3v) is 1.39. The standard InChI is InChI=1S/C6H15N.C3H6O2/c1-2-3-4-5-6-7;1-2-3(4)5/h2-7H2,1H3;2H2,1H3,(H,4,5). The predicted molar refractivity (Wildman–Crippen MR) is 47.2 cm³/mol. The molecule has 3 N–H and O–H groups in total. The van der Waals surface area contributed by atoms with Crippen LogP contribution in [0.4, 0.5) is 0 Å². The molecular formula is C9H21NO2. The minimum atomic E-state index is -0.995. The number of aliphatic carboxylic acids is 1. The van der Waals surface area contributed by atoms with Crippen LogP contribution < -0.4 is 10.8 Å². The summed E-state index contributed by atoms with van der Waals surface area (Å²) in [6, 6.07) is 0. The predicted octanol–water partition coefficient (Wildman–Crippen LogP) is -0.0451. The summed E-state index contributed by atoms with van der Waals surface area (Å²) in [4.78, 5) is 9.26. The largest absolute Gasteiger partial charge is 0.550 e. The fourth-order valence-corrected chi connectivity index (χ4v) is 0.604. The van der Waals surface area contributed by atoms with Gasteiger partial charge in [0.15, 0.2) is 0 Å². The van der Waals surface area contributed by atoms with Crippen molar-refractivity contribution in [3.8, 4) is 0 Å². The molecule has 0 aliphatic heterocycles. The molecule has 0 aromatic heterocycles. The molecule has 0 heterocycles. The second kappa shape index (κ2) is 13.1. The second-order valence-electron chi connectivity index (χ2n) is 2.64. The Morgan fingerprint density at radius 2 is 1.75 bits per heavy atom. The van der Waals surface area contributed by atoms with Gasteiger partial charge in [0.25, 0.3) is 0 Å². The van der Waals surface area contributed by atoms with Crippen LogP contribution in [0.25, 0.3) is 0 Å². The first-order valence-corrected chi connectivity index (χ1v) is 4.68. The Kier molecular flexibility index (Phi) is 15.2. The summed E-state index contributed by atoms with van der Waals surface area (Å²) in [6.07, 6.45) is 5.52. The number of rotatable bonds is 5. The molecule has 0 unspecified atom stereocenters. The molecule has 0 radical (unpaired) electrons. The summed E-state index contributed by atoms with van der Waals surface area (Å²) in [5.74, 6) is -0.995. The highest BCUT2D eigenvalue weighted by Crippen LogP contribution is 1.94. The van der Waals surface area contributed by atoms with Gasteiger partial charge in [-0.15, -0.1) is 0 Å². The second-order valence-corrected chi connectivity index (χ2v) is 2.64. The molecular weight excluding hydrogens is 154 g/mol. The van der Waals surface area contributed by atoms with Crippen molar-refractivity contribution in [3.63, 3.8) is 0 Å². The van der Waals surface area contributed by atoms with Gasteiger partial charge in [-0.05, 0) is 19.3 Å². The summed E-state index contributed by atoms with van der Waals surface area (Å²) < 4.78 is 0. The van der Waals surface area contributed by atoms with Crippen molar-refractivity contribution < 1.29 is 15.6 Å². The summed E-state index contributed by atoms with van der Waals surface area (Å²) in [5.41, 5.74) is 3.76. The van der Waals surface area contributed by atoms with Gasteiger partial charge in [0.05, 0.1) is 6.54 Å². The van der Waals surface area contributed by atoms with Crippen molar-refractivity contribution in [2.45, 2.75) is 46.0 Å². The lowest BCUT2D eigenvalue weighted by Crippen LogP contribution is -2.50. The van der Waals surface area contributed by atoms with Crippen molar-refractivity contribution in [1.82, 2.24) is 0 Å². The van der Waals surface area contributed by atoms with Crippen molar-refractivity contribution in [3.05, 3.63) is 0 Å². The zero-order chi connectivity index (χ0) is 9.82. The normalized spacial score (nSPS) is 8.58. The average molecular weight is 175 g/mol. The lowest BCUT2D eigenvalue weighted by Gasteiger charge is -1.89. The van der Waals surface area contributed by atoms with Crippen LogP contribution in [-0.4, -0.2) is 12.5 Å². The van der Waals surface area contributed by atoms with Crippen LogP contribution in [-0.2, 0) is 4.79 Å². The van der Waals surface area contributed by atoms with E-state index in [2.05, 4.69) is 12.7 Å². The van der Waals surface area contributed by atoms with Gasteiger partial charge in [-0.2, -0.15) is 0 Å². The number of quaternary nitrogens is 1. The van der Waals surface area contributed by atoms with Gasteiger partial charge in [0, 0.05) is 5.97 Å². The van der Waals surface area contributed by atoms with Gasteiger partial charge < -0.3 is 15.6 Å². The minimum Gasteiger partial charge on any atom is -0.550 e. The smallest absolute Gasteiger partial charge is 0.0739 e. The molecule has 0 aliphatic carbocycles. The van der Waals surface area contributed by atoms with Gasteiger partial charge >= 0.3 is 0 Å². The first kappa shape index (κ1) is 14.0. The van der Waals surface area contributed by atoms with Crippen LogP contribution >= 0.6 is 0 Å². The third-order valence-electron chi connectivity index (χ3n) is 1.39. The monoisotopic (exact) mass is 175 g/mol. The summed E-state index contributed by atoms with van der Waals surface area (Å²) >= 11 is 0. The Morgan fingerprint density at radius 3 is 2.00 bits per heavy atom. The molecule has 0 saturated carbocycles. The molecule has 0 spiro atoms. The Hall–Kier alpha value is -0.570. The van der Waals surface area contributed by atoms with Gasteiger partial charge in [-0.1, -0.05) is 26.7 Å². The number of hydrogen-bond acceptors (Lipinski definition) is 2. The van der Waals surface area contributed by atoms with Crippen LogP contribution in [0.5, 0.6) is 0 Å². The zero-order valence-electron chi connectivity index (χ0n) is 8.27. The Labute approximate surface area is 75.0 Å². The molecule has 0 aliphatic rings. The summed E-state index contributed by atoms with van der Waals surface area (Å²) in [6.45, 7) is 4.87. The van der Waals surface area contributed by atoms with E-state index in [0.29, 0.717) is 0 Å². The highest BCUT2D eigenvalue weighted by molar-refractivity contribution is 5.63. The van der Waals surface area contributed by atoms with Crippen molar-refractivity contribution in [2.24, 2.45) is 0 Å². The molecule has 0 aromatic rings. The van der Waals surface area contributed by atoms with E-state index in [0.717, 1.165) is 6.54 Å². The van der Waals surface area contributed by atoms with Crippen LogP contribution in [0, 0.1) is 0 Å². The van der Waals surface area contributed by atoms with Crippen LogP contribution in [0.15, 0.2) is 0 Å². The summed E-state index contributed by atoms with van der Waals surface area (Å²) in [5, 5.41) is 9.26. The Morgan fingerprint density at radius 1 is 1.25 bits per heavy atom. The van der Waals surface area contributed by atoms with Gasteiger partial charge in [-0.25, -0.2) is 0 Å². The van der Waals surface area contributed by atoms with Crippen LogP contribution in [0.2, 0.25) is 0 Å². The quantitative estimate of drug-likeness (QED) is 0.595. The van der Waals surface area contributed by atoms with E-state index in [1.807, 2.05) is 0 Å². The molecule has 0 rings (SSSR count). The molecule has 0 atom stereocenters. The van der Waals surface area contributed by atoms with Crippen molar-refractivity contribution in [1.29, 1.82) is 0 Å². The maximum Gasteiger partial charge on any atom is 0.0739 e. The van der Waals surface area contributed by atoms with E-state index >= 15 is 0 Å². The van der Waals surface area contributed by atoms with Crippen molar-refractivity contribution >= 4 is 5.97 Å². The Balaban J connectivity index is 0. The zero-order valence-corrected chi connectivity index (χ0v) is 8.27. The number of unbranched alkanes of at least 4 members (excludes halogenated alkanes) is 3. The number of carboxylic acids is 1. The van der Waals surface area contributed by atoms with E-state index in [1.165, 1.54) is 32.6 Å². The third kappa shape index (κ3) is 22.7. The molecule has 3 nitrogen and oxygen atoms in total. The van der Waals surface area contributed by atoms with E-state index in [-0.39, 0.29) is 6.42 Å². The molecule has 0 bridgehead atoms. The average Bonchev–Trinajstić information content (AvgIpc) is 2.07. The molecule has 3 heteroatoms. The molecule has 0 aromatic carbocycles. The number of carbonyl (C=O) groups excluding carboxylic acids is 1. The van der Waals surface area contributed by atoms with Gasteiger partial charge in [-0.3, -0.25) is 0 Å². The molecule has 0 amide bonds. The Bertz CT molecular complexity index is 90.5. The highest BCUT2D eigenvalue weighted by atomic mass is 16.4. The fraction of sp³-hybridized carbons (Fsp3) is 0.889. The molecule has 0 fully saturated rings. The number of hydrogen-bond donors (Lipinski definition) is 1. The topological polar surface area (TPSA) is 67.8 Å². The number of carbonyl (C=O) groups is 1. The maximum absolute atomic E-state index is 9.26. The lowest BCUT2D eigenvalue weighted by atomic mass is 10.2. The SMILES string of the molecule is CCC(=O)[O-].CCCCCC[NH3+]. The van der Waals surface area contributed by atoms with E-state index < -0.39 is 5.97 Å². The lowest BCUT2D eigenvalue weighted by molar-refractivity contribution is -0.368. The summed E-state index contributed by atoms with van der Waals surface area (Å²) in [7, 11) is 0. The van der Waals surface area contributed by atoms with E-state index in [4.69, 9.17) is 0 Å². The molecule has 74 valence electrons. The van der Waals surface area contributed by atoms with Crippen LogP contribution in [0.3, 0.4) is 0 Å². The maximum atomic E-state index is 9.26. The highest BCUT2D eigenvalue weighted by Gasteiger charge is 1.82. The molecule has 12 heavy (non-hydrogen) atoms. The minimum absolute atomic E-state index is 0.111. The number of carboxylic acid groups (broad SMARTS) is 1.